The highest BCUT2D eigenvalue weighted by atomic mass is 32.1. The van der Waals surface area contributed by atoms with Crippen LogP contribution in [0.1, 0.15) is 31.5 Å². The van der Waals surface area contributed by atoms with E-state index in [2.05, 4.69) is 28.4 Å². The number of rotatable bonds is 3. The minimum Gasteiger partial charge on any atom is -0.466 e. The van der Waals surface area contributed by atoms with Crippen LogP contribution in [0, 0.1) is 6.92 Å². The number of ether oxygens (including phenoxy) is 1. The van der Waals surface area contributed by atoms with E-state index in [1.165, 1.54) is 24.4 Å². The lowest BCUT2D eigenvalue weighted by Gasteiger charge is -2.32. The van der Waals surface area contributed by atoms with Gasteiger partial charge in [-0.25, -0.2) is 0 Å². The first kappa shape index (κ1) is 11.8. The molecule has 0 aromatic carbocycles. The van der Waals surface area contributed by atoms with Gasteiger partial charge < -0.3 is 9.64 Å². The maximum absolute atomic E-state index is 5.83. The zero-order chi connectivity index (χ0) is 11.5. The lowest BCUT2D eigenvalue weighted by atomic mass is 9.92. The molecule has 1 aliphatic carbocycles. The van der Waals surface area contributed by atoms with Crippen molar-refractivity contribution in [1.82, 2.24) is 14.3 Å². The van der Waals surface area contributed by atoms with Crippen LogP contribution < -0.4 is 4.74 Å². The van der Waals surface area contributed by atoms with Crippen LogP contribution in [0.5, 0.6) is 5.19 Å². The topological polar surface area (TPSA) is 38.2 Å². The SMILES string of the molecule is Cc1nsc(OC2CCC(N(C)C)CC2)n1. The number of hydrogen-bond donors (Lipinski definition) is 0. The Morgan fingerprint density at radius 1 is 1.25 bits per heavy atom. The molecule has 1 aromatic rings. The van der Waals surface area contributed by atoms with Crippen LogP contribution in [0.2, 0.25) is 0 Å². The molecule has 1 fully saturated rings. The van der Waals surface area contributed by atoms with Gasteiger partial charge in [0.25, 0.3) is 5.19 Å². The summed E-state index contributed by atoms with van der Waals surface area (Å²) >= 11 is 1.36. The Morgan fingerprint density at radius 2 is 1.94 bits per heavy atom. The van der Waals surface area contributed by atoms with E-state index in [1.54, 1.807) is 0 Å². The summed E-state index contributed by atoms with van der Waals surface area (Å²) in [6.45, 7) is 1.90. The third-order valence-corrected chi connectivity index (χ3v) is 3.85. The van der Waals surface area contributed by atoms with Gasteiger partial charge in [0.2, 0.25) is 0 Å². The van der Waals surface area contributed by atoms with Crippen molar-refractivity contribution in [3.63, 3.8) is 0 Å². The summed E-state index contributed by atoms with van der Waals surface area (Å²) in [5.41, 5.74) is 0. The first-order chi connectivity index (χ1) is 7.65. The Labute approximate surface area is 101 Å². The molecule has 0 bridgehead atoms. The molecule has 0 unspecified atom stereocenters. The molecule has 4 nitrogen and oxygen atoms in total. The molecular weight excluding hydrogens is 222 g/mol. The van der Waals surface area contributed by atoms with Crippen molar-refractivity contribution in [3.8, 4) is 5.19 Å². The van der Waals surface area contributed by atoms with E-state index >= 15 is 0 Å². The molecule has 16 heavy (non-hydrogen) atoms. The van der Waals surface area contributed by atoms with E-state index in [9.17, 15) is 0 Å². The molecule has 1 saturated carbocycles. The number of hydrogen-bond acceptors (Lipinski definition) is 5. The highest BCUT2D eigenvalue weighted by molar-refractivity contribution is 7.07. The fourth-order valence-electron chi connectivity index (χ4n) is 2.15. The smallest absolute Gasteiger partial charge is 0.293 e. The quantitative estimate of drug-likeness (QED) is 0.812. The summed E-state index contributed by atoms with van der Waals surface area (Å²) in [4.78, 5) is 6.54. The van der Waals surface area contributed by atoms with Gasteiger partial charge in [0, 0.05) is 17.6 Å². The zero-order valence-electron chi connectivity index (χ0n) is 10.1. The summed E-state index contributed by atoms with van der Waals surface area (Å²) in [6, 6.07) is 0.719. The molecule has 0 N–H and O–H groups in total. The summed E-state index contributed by atoms with van der Waals surface area (Å²) in [7, 11) is 4.31. The summed E-state index contributed by atoms with van der Waals surface area (Å²) < 4.78 is 9.95. The van der Waals surface area contributed by atoms with Gasteiger partial charge in [-0.3, -0.25) is 0 Å². The Kier molecular flexibility index (Phi) is 3.76. The van der Waals surface area contributed by atoms with Gasteiger partial charge in [-0.1, -0.05) is 0 Å². The average Bonchev–Trinajstić information content (AvgIpc) is 2.65. The van der Waals surface area contributed by atoms with Gasteiger partial charge in [0.1, 0.15) is 11.9 Å². The van der Waals surface area contributed by atoms with Crippen LogP contribution in [-0.2, 0) is 0 Å². The first-order valence-corrected chi connectivity index (χ1v) is 6.56. The Balaban J connectivity index is 1.81. The minimum absolute atomic E-state index is 0.337. The average molecular weight is 241 g/mol. The molecule has 1 heterocycles. The molecule has 1 aromatic heterocycles. The molecule has 0 radical (unpaired) electrons. The van der Waals surface area contributed by atoms with Crippen molar-refractivity contribution >= 4 is 11.5 Å². The van der Waals surface area contributed by atoms with E-state index in [4.69, 9.17) is 4.74 Å². The maximum atomic E-state index is 5.83. The molecule has 1 aliphatic rings. The fourth-order valence-corrected chi connectivity index (χ4v) is 2.75. The zero-order valence-corrected chi connectivity index (χ0v) is 11.0. The second kappa shape index (κ2) is 5.10. The second-order valence-electron chi connectivity index (χ2n) is 4.62. The lowest BCUT2D eigenvalue weighted by molar-refractivity contribution is 0.111. The lowest BCUT2D eigenvalue weighted by Crippen LogP contribution is -2.35. The van der Waals surface area contributed by atoms with Crippen LogP contribution in [0.4, 0.5) is 0 Å². The van der Waals surface area contributed by atoms with Gasteiger partial charge in [0.15, 0.2) is 0 Å². The van der Waals surface area contributed by atoms with Crippen LogP contribution in [0.25, 0.3) is 0 Å². The van der Waals surface area contributed by atoms with Crippen molar-refractivity contribution < 1.29 is 4.74 Å². The highest BCUT2D eigenvalue weighted by Crippen LogP contribution is 2.26. The highest BCUT2D eigenvalue weighted by Gasteiger charge is 2.24. The van der Waals surface area contributed by atoms with Gasteiger partial charge in [-0.15, -0.1) is 0 Å². The summed E-state index contributed by atoms with van der Waals surface area (Å²) in [5.74, 6) is 0.807. The van der Waals surface area contributed by atoms with E-state index in [-0.39, 0.29) is 0 Å². The third-order valence-electron chi connectivity index (χ3n) is 3.15. The Hall–Kier alpha value is -0.680. The van der Waals surface area contributed by atoms with Gasteiger partial charge in [-0.05, 0) is 46.7 Å². The van der Waals surface area contributed by atoms with Crippen LogP contribution in [-0.4, -0.2) is 40.5 Å². The Morgan fingerprint density at radius 3 is 2.44 bits per heavy atom. The minimum atomic E-state index is 0.337. The molecule has 0 aliphatic heterocycles. The third kappa shape index (κ3) is 2.92. The molecule has 90 valence electrons. The van der Waals surface area contributed by atoms with E-state index in [0.29, 0.717) is 6.10 Å². The largest absolute Gasteiger partial charge is 0.466 e. The number of aromatic nitrogens is 2. The van der Waals surface area contributed by atoms with Crippen LogP contribution in [0.15, 0.2) is 0 Å². The fraction of sp³-hybridized carbons (Fsp3) is 0.818. The molecule has 0 saturated heterocycles. The van der Waals surface area contributed by atoms with Crippen molar-refractivity contribution in [1.29, 1.82) is 0 Å². The molecular formula is C11H19N3OS. The second-order valence-corrected chi connectivity index (χ2v) is 5.33. The van der Waals surface area contributed by atoms with E-state index in [0.717, 1.165) is 29.9 Å². The normalized spacial score (nSPS) is 26.0. The Bertz CT molecular complexity index is 332. The molecule has 0 spiro atoms. The van der Waals surface area contributed by atoms with Gasteiger partial charge in [-0.2, -0.15) is 9.36 Å². The van der Waals surface area contributed by atoms with Crippen molar-refractivity contribution in [2.45, 2.75) is 44.8 Å². The van der Waals surface area contributed by atoms with Crippen LogP contribution >= 0.6 is 11.5 Å². The predicted octanol–water partition coefficient (Wildman–Crippen LogP) is 2.10. The standard InChI is InChI=1S/C11H19N3OS/c1-8-12-11(16-13-8)15-10-6-4-9(5-7-10)14(2)3/h9-10H,4-7H2,1-3H3. The van der Waals surface area contributed by atoms with Crippen molar-refractivity contribution in [2.24, 2.45) is 0 Å². The van der Waals surface area contributed by atoms with Crippen molar-refractivity contribution in [3.05, 3.63) is 5.82 Å². The maximum Gasteiger partial charge on any atom is 0.293 e. The molecule has 2 rings (SSSR count). The van der Waals surface area contributed by atoms with Crippen molar-refractivity contribution in [2.75, 3.05) is 14.1 Å². The number of aryl methyl sites for hydroxylation is 1. The molecule has 0 amide bonds. The van der Waals surface area contributed by atoms with Gasteiger partial charge in [0.05, 0.1) is 0 Å². The van der Waals surface area contributed by atoms with E-state index < -0.39 is 0 Å². The first-order valence-electron chi connectivity index (χ1n) is 5.78. The van der Waals surface area contributed by atoms with E-state index in [1.807, 2.05) is 6.92 Å². The van der Waals surface area contributed by atoms with Crippen LogP contribution in [0.3, 0.4) is 0 Å². The molecule has 0 atom stereocenters. The summed E-state index contributed by atoms with van der Waals surface area (Å²) in [5, 5.41) is 0.728. The molecule has 5 heteroatoms. The monoisotopic (exact) mass is 241 g/mol. The summed E-state index contributed by atoms with van der Waals surface area (Å²) in [6.07, 6.45) is 5.02. The predicted molar refractivity (Wildman–Crippen MR) is 65.0 cm³/mol. The number of nitrogens with zero attached hydrogens (tertiary/aromatic N) is 3. The van der Waals surface area contributed by atoms with Gasteiger partial charge >= 0.3 is 0 Å².